The van der Waals surface area contributed by atoms with Crippen molar-refractivity contribution in [1.82, 2.24) is 5.43 Å². The van der Waals surface area contributed by atoms with E-state index in [9.17, 15) is 9.18 Å². The third-order valence-electron chi connectivity index (χ3n) is 3.44. The molecule has 0 heterocycles. The lowest BCUT2D eigenvalue weighted by Gasteiger charge is -2.08. The van der Waals surface area contributed by atoms with Crippen LogP contribution in [0.3, 0.4) is 0 Å². The normalized spacial score (nSPS) is 10.9. The molecule has 0 aromatic heterocycles. The molecule has 2 aromatic rings. The van der Waals surface area contributed by atoms with Crippen molar-refractivity contribution in [3.8, 4) is 11.5 Å². The summed E-state index contributed by atoms with van der Waals surface area (Å²) >= 11 is 0. The fourth-order valence-electron chi connectivity index (χ4n) is 1.98. The standard InChI is InChI=1S/C20H23FN2O3/c1-15(2)11-12-25-17-9-7-16(8-10-17)13-22-23-20(24)14-26-19-6-4-3-5-18(19)21/h3-10,13,15H,11-12,14H2,1-2H3,(H,23,24)/b22-13-. The minimum atomic E-state index is -0.514. The van der Waals surface area contributed by atoms with Gasteiger partial charge in [-0.1, -0.05) is 26.0 Å². The zero-order valence-corrected chi connectivity index (χ0v) is 14.9. The zero-order chi connectivity index (χ0) is 18.8. The van der Waals surface area contributed by atoms with Crippen LogP contribution in [0.2, 0.25) is 0 Å². The second-order valence-electron chi connectivity index (χ2n) is 6.11. The van der Waals surface area contributed by atoms with Crippen molar-refractivity contribution in [3.05, 3.63) is 59.9 Å². The molecule has 138 valence electrons. The van der Waals surface area contributed by atoms with E-state index in [1.165, 1.54) is 18.3 Å². The topological polar surface area (TPSA) is 59.9 Å². The van der Waals surface area contributed by atoms with Gasteiger partial charge in [0.25, 0.3) is 5.91 Å². The summed E-state index contributed by atoms with van der Waals surface area (Å²) in [4.78, 5) is 11.7. The molecule has 0 spiro atoms. The Morgan fingerprint density at radius 2 is 1.88 bits per heavy atom. The highest BCUT2D eigenvalue weighted by molar-refractivity contribution is 5.83. The van der Waals surface area contributed by atoms with Crippen molar-refractivity contribution < 1.29 is 18.7 Å². The van der Waals surface area contributed by atoms with E-state index >= 15 is 0 Å². The molecule has 2 rings (SSSR count). The number of hydrogen-bond donors (Lipinski definition) is 1. The Kier molecular flexibility index (Phi) is 7.61. The Morgan fingerprint density at radius 3 is 2.58 bits per heavy atom. The van der Waals surface area contributed by atoms with E-state index in [0.717, 1.165) is 17.7 Å². The molecule has 26 heavy (non-hydrogen) atoms. The molecular weight excluding hydrogens is 335 g/mol. The summed E-state index contributed by atoms with van der Waals surface area (Å²) in [5.74, 6) is 0.440. The Labute approximate surface area is 152 Å². The second-order valence-corrected chi connectivity index (χ2v) is 6.11. The predicted octanol–water partition coefficient (Wildman–Crippen LogP) is 3.78. The number of nitrogens with one attached hydrogen (secondary N) is 1. The Hall–Kier alpha value is -2.89. The van der Waals surface area contributed by atoms with Crippen LogP contribution >= 0.6 is 0 Å². The second kappa shape index (κ2) is 10.2. The van der Waals surface area contributed by atoms with Crippen LogP contribution in [-0.2, 0) is 4.79 Å². The van der Waals surface area contributed by atoms with Crippen molar-refractivity contribution in [1.29, 1.82) is 0 Å². The lowest BCUT2D eigenvalue weighted by molar-refractivity contribution is -0.123. The Morgan fingerprint density at radius 1 is 1.15 bits per heavy atom. The number of halogens is 1. The number of rotatable bonds is 9. The van der Waals surface area contributed by atoms with Crippen LogP contribution < -0.4 is 14.9 Å². The van der Waals surface area contributed by atoms with E-state index in [2.05, 4.69) is 24.4 Å². The number of amides is 1. The molecule has 0 aliphatic rings. The van der Waals surface area contributed by atoms with Gasteiger partial charge in [-0.2, -0.15) is 5.10 Å². The van der Waals surface area contributed by atoms with Crippen molar-refractivity contribution >= 4 is 12.1 Å². The fraction of sp³-hybridized carbons (Fsp3) is 0.300. The average molecular weight is 358 g/mol. The smallest absolute Gasteiger partial charge is 0.277 e. The van der Waals surface area contributed by atoms with Crippen molar-refractivity contribution in [2.24, 2.45) is 11.0 Å². The molecule has 1 N–H and O–H groups in total. The molecule has 0 unspecified atom stereocenters. The highest BCUT2D eigenvalue weighted by atomic mass is 19.1. The molecule has 0 bridgehead atoms. The van der Waals surface area contributed by atoms with E-state index in [1.54, 1.807) is 12.1 Å². The maximum Gasteiger partial charge on any atom is 0.277 e. The van der Waals surface area contributed by atoms with Gasteiger partial charge in [-0.3, -0.25) is 4.79 Å². The summed E-state index contributed by atoms with van der Waals surface area (Å²) in [6, 6.07) is 13.3. The summed E-state index contributed by atoms with van der Waals surface area (Å²) in [6.45, 7) is 4.67. The number of carbonyl (C=O) groups is 1. The van der Waals surface area contributed by atoms with Gasteiger partial charge in [-0.15, -0.1) is 0 Å². The van der Waals surface area contributed by atoms with Crippen molar-refractivity contribution in [2.75, 3.05) is 13.2 Å². The minimum Gasteiger partial charge on any atom is -0.494 e. The quantitative estimate of drug-likeness (QED) is 0.548. The predicted molar refractivity (Wildman–Crippen MR) is 99.0 cm³/mol. The van der Waals surface area contributed by atoms with Crippen LogP contribution in [0.4, 0.5) is 4.39 Å². The first kappa shape index (κ1) is 19.4. The van der Waals surface area contributed by atoms with Gasteiger partial charge in [0, 0.05) is 0 Å². The molecule has 0 atom stereocenters. The van der Waals surface area contributed by atoms with Crippen molar-refractivity contribution in [2.45, 2.75) is 20.3 Å². The molecule has 2 aromatic carbocycles. The largest absolute Gasteiger partial charge is 0.494 e. The fourth-order valence-corrected chi connectivity index (χ4v) is 1.98. The summed E-state index contributed by atoms with van der Waals surface area (Å²) in [6.07, 6.45) is 2.52. The summed E-state index contributed by atoms with van der Waals surface area (Å²) in [5, 5.41) is 3.85. The van der Waals surface area contributed by atoms with E-state index in [-0.39, 0.29) is 12.4 Å². The number of para-hydroxylation sites is 1. The van der Waals surface area contributed by atoms with Gasteiger partial charge in [0.2, 0.25) is 0 Å². The summed E-state index contributed by atoms with van der Waals surface area (Å²) in [7, 11) is 0. The SMILES string of the molecule is CC(C)CCOc1ccc(/C=N\NC(=O)COc2ccccc2F)cc1. The molecule has 0 saturated heterocycles. The highest BCUT2D eigenvalue weighted by Gasteiger charge is 2.05. The number of ether oxygens (including phenoxy) is 2. The van der Waals surface area contributed by atoms with Gasteiger partial charge in [-0.05, 0) is 54.3 Å². The van der Waals surface area contributed by atoms with Crippen molar-refractivity contribution in [3.63, 3.8) is 0 Å². The van der Waals surface area contributed by atoms with Gasteiger partial charge in [0.05, 0.1) is 12.8 Å². The first-order valence-corrected chi connectivity index (χ1v) is 8.46. The molecule has 0 fully saturated rings. The maximum absolute atomic E-state index is 13.4. The lowest BCUT2D eigenvalue weighted by Crippen LogP contribution is -2.24. The first-order chi connectivity index (χ1) is 12.5. The van der Waals surface area contributed by atoms with Gasteiger partial charge in [0.15, 0.2) is 18.2 Å². The minimum absolute atomic E-state index is 0.0275. The van der Waals surface area contributed by atoms with Crippen LogP contribution in [0, 0.1) is 11.7 Å². The molecule has 6 heteroatoms. The molecule has 0 aliphatic heterocycles. The molecule has 0 radical (unpaired) electrons. The highest BCUT2D eigenvalue weighted by Crippen LogP contribution is 2.15. The van der Waals surface area contributed by atoms with Crippen LogP contribution in [-0.4, -0.2) is 25.3 Å². The number of benzene rings is 2. The Balaban J connectivity index is 1.73. The molecular formula is C20H23FN2O3. The summed E-state index contributed by atoms with van der Waals surface area (Å²) in [5.41, 5.74) is 3.15. The third kappa shape index (κ3) is 6.93. The van der Waals surface area contributed by atoms with E-state index < -0.39 is 11.7 Å². The van der Waals surface area contributed by atoms with Crippen LogP contribution in [0.15, 0.2) is 53.6 Å². The van der Waals surface area contributed by atoms with Gasteiger partial charge in [0.1, 0.15) is 5.75 Å². The molecule has 1 amide bonds. The average Bonchev–Trinajstić information content (AvgIpc) is 2.62. The number of nitrogens with zero attached hydrogens (tertiary/aromatic N) is 1. The number of hydrazone groups is 1. The molecule has 5 nitrogen and oxygen atoms in total. The lowest BCUT2D eigenvalue weighted by atomic mass is 10.1. The van der Waals surface area contributed by atoms with Gasteiger partial charge in [-0.25, -0.2) is 9.82 Å². The van der Waals surface area contributed by atoms with Crippen LogP contribution in [0.5, 0.6) is 11.5 Å². The monoisotopic (exact) mass is 358 g/mol. The molecule has 0 saturated carbocycles. The number of hydrogen-bond acceptors (Lipinski definition) is 4. The Bertz CT molecular complexity index is 730. The number of carbonyl (C=O) groups excluding carboxylic acids is 1. The van der Waals surface area contributed by atoms with E-state index in [0.29, 0.717) is 12.5 Å². The van der Waals surface area contributed by atoms with Gasteiger partial charge >= 0.3 is 0 Å². The maximum atomic E-state index is 13.4. The first-order valence-electron chi connectivity index (χ1n) is 8.46. The van der Waals surface area contributed by atoms with E-state index in [4.69, 9.17) is 9.47 Å². The van der Waals surface area contributed by atoms with Gasteiger partial charge < -0.3 is 9.47 Å². The molecule has 0 aliphatic carbocycles. The zero-order valence-electron chi connectivity index (χ0n) is 14.9. The summed E-state index contributed by atoms with van der Waals surface area (Å²) < 4.78 is 24.1. The van der Waals surface area contributed by atoms with Crippen LogP contribution in [0.25, 0.3) is 0 Å². The van der Waals surface area contributed by atoms with E-state index in [1.807, 2.05) is 24.3 Å². The van der Waals surface area contributed by atoms with Crippen LogP contribution in [0.1, 0.15) is 25.8 Å². The third-order valence-corrected chi connectivity index (χ3v) is 3.44.